The highest BCUT2D eigenvalue weighted by atomic mass is 16.2. The summed E-state index contributed by atoms with van der Waals surface area (Å²) in [4.78, 5) is 35.3. The molecule has 2 aromatic heterocycles. The van der Waals surface area contributed by atoms with Gasteiger partial charge < -0.3 is 19.8 Å². The van der Waals surface area contributed by atoms with Crippen LogP contribution in [0.15, 0.2) is 49.1 Å². The number of rotatable bonds is 10. The number of hydrogen-bond donors (Lipinski definition) is 2. The first kappa shape index (κ1) is 27.2. The smallest absolute Gasteiger partial charge is 0.223 e. The Morgan fingerprint density at radius 3 is 2.12 bits per heavy atom. The lowest BCUT2D eigenvalue weighted by Crippen LogP contribution is -2.46. The van der Waals surface area contributed by atoms with Crippen molar-refractivity contribution in [2.45, 2.75) is 89.9 Å². The second-order valence-electron chi connectivity index (χ2n) is 12.4. The standard InChI is InChI=1S/C32H45N7O/c40-31(39(23-29-33-15-16-34-29)24-30-35-17-18-36-30)11-10-26-6-8-27(9-7-26)22-37-19-12-32(25-37)13-20-38(21-14-32)28-4-2-1-3-5-28/h6-9,15-18,28H,1-5,10-14,19-25H2,(H,33,34)(H,35,36). The van der Waals surface area contributed by atoms with Crippen molar-refractivity contribution in [2.75, 3.05) is 26.2 Å². The predicted octanol–water partition coefficient (Wildman–Crippen LogP) is 4.92. The molecule has 2 saturated heterocycles. The van der Waals surface area contributed by atoms with Crippen LogP contribution < -0.4 is 0 Å². The van der Waals surface area contributed by atoms with Crippen molar-refractivity contribution in [3.8, 4) is 0 Å². The van der Waals surface area contributed by atoms with E-state index < -0.39 is 0 Å². The number of aromatic nitrogens is 4. The van der Waals surface area contributed by atoms with Gasteiger partial charge in [0.15, 0.2) is 0 Å². The SMILES string of the molecule is O=C(CCc1ccc(CN2CCC3(CCN(C4CCCCC4)CC3)C2)cc1)N(Cc1ncc[nH]1)Cc1ncc[nH]1. The number of H-pyrrole nitrogens is 2. The summed E-state index contributed by atoms with van der Waals surface area (Å²) in [6.45, 7) is 7.03. The normalized spacial score (nSPS) is 20.3. The molecule has 3 fully saturated rings. The van der Waals surface area contributed by atoms with Gasteiger partial charge in [-0.25, -0.2) is 9.97 Å². The quantitative estimate of drug-likeness (QED) is 0.379. The number of nitrogens with one attached hydrogen (secondary N) is 2. The highest BCUT2D eigenvalue weighted by Crippen LogP contribution is 2.42. The molecule has 3 aromatic rings. The van der Waals surface area contributed by atoms with Gasteiger partial charge in [-0.3, -0.25) is 9.69 Å². The largest absolute Gasteiger partial charge is 0.347 e. The molecule has 0 atom stereocenters. The van der Waals surface area contributed by atoms with Crippen LogP contribution in [-0.4, -0.2) is 72.8 Å². The van der Waals surface area contributed by atoms with Gasteiger partial charge in [0.1, 0.15) is 11.6 Å². The summed E-state index contributed by atoms with van der Waals surface area (Å²) in [5.41, 5.74) is 3.13. The maximum Gasteiger partial charge on any atom is 0.223 e. The third-order valence-electron chi connectivity index (χ3n) is 9.67. The molecule has 8 nitrogen and oxygen atoms in total. The van der Waals surface area contributed by atoms with Crippen molar-refractivity contribution < 1.29 is 4.79 Å². The van der Waals surface area contributed by atoms with E-state index in [1.54, 1.807) is 24.8 Å². The number of nitrogens with zero attached hydrogens (tertiary/aromatic N) is 5. The molecule has 4 heterocycles. The lowest BCUT2D eigenvalue weighted by Gasteiger charge is -2.43. The second kappa shape index (κ2) is 12.7. The summed E-state index contributed by atoms with van der Waals surface area (Å²) in [6.07, 6.45) is 19.5. The van der Waals surface area contributed by atoms with E-state index in [1.807, 2.05) is 4.90 Å². The Bertz CT molecular complexity index is 1140. The topological polar surface area (TPSA) is 84.2 Å². The van der Waals surface area contributed by atoms with Gasteiger partial charge in [-0.1, -0.05) is 43.5 Å². The zero-order valence-corrected chi connectivity index (χ0v) is 23.9. The molecule has 1 amide bonds. The number of carbonyl (C=O) groups is 1. The molecule has 3 aliphatic rings. The van der Waals surface area contributed by atoms with Gasteiger partial charge in [0.2, 0.25) is 5.91 Å². The van der Waals surface area contributed by atoms with Crippen LogP contribution in [0.25, 0.3) is 0 Å². The number of piperidine rings is 1. The number of imidazole rings is 2. The van der Waals surface area contributed by atoms with Gasteiger partial charge in [0.05, 0.1) is 13.1 Å². The maximum atomic E-state index is 13.2. The summed E-state index contributed by atoms with van der Waals surface area (Å²) in [7, 11) is 0. The summed E-state index contributed by atoms with van der Waals surface area (Å²) in [6, 6.07) is 9.81. The summed E-state index contributed by atoms with van der Waals surface area (Å²) in [5, 5.41) is 0. The minimum Gasteiger partial charge on any atom is -0.347 e. The second-order valence-corrected chi connectivity index (χ2v) is 12.4. The van der Waals surface area contributed by atoms with E-state index >= 15 is 0 Å². The lowest BCUT2D eigenvalue weighted by molar-refractivity contribution is -0.132. The van der Waals surface area contributed by atoms with Crippen molar-refractivity contribution in [1.29, 1.82) is 0 Å². The van der Waals surface area contributed by atoms with Gasteiger partial charge in [-0.05, 0) is 74.7 Å². The van der Waals surface area contributed by atoms with Gasteiger partial charge in [-0.2, -0.15) is 0 Å². The van der Waals surface area contributed by atoms with Crippen LogP contribution in [0.3, 0.4) is 0 Å². The molecule has 2 N–H and O–H groups in total. The number of carbonyl (C=O) groups excluding carboxylic acids is 1. The van der Waals surface area contributed by atoms with Gasteiger partial charge in [0, 0.05) is 50.3 Å². The number of amides is 1. The first-order valence-corrected chi connectivity index (χ1v) is 15.4. The highest BCUT2D eigenvalue weighted by Gasteiger charge is 2.41. The zero-order valence-electron chi connectivity index (χ0n) is 23.9. The molecule has 8 heteroatoms. The van der Waals surface area contributed by atoms with E-state index in [2.05, 4.69) is 54.0 Å². The third kappa shape index (κ3) is 6.84. The van der Waals surface area contributed by atoms with E-state index in [-0.39, 0.29) is 5.91 Å². The van der Waals surface area contributed by atoms with Crippen molar-refractivity contribution >= 4 is 5.91 Å². The molecule has 40 heavy (non-hydrogen) atoms. The van der Waals surface area contributed by atoms with E-state index in [4.69, 9.17) is 0 Å². The van der Waals surface area contributed by atoms with Crippen LogP contribution in [-0.2, 0) is 30.8 Å². The molecule has 214 valence electrons. The first-order valence-electron chi connectivity index (χ1n) is 15.4. The number of hydrogen-bond acceptors (Lipinski definition) is 5. The van der Waals surface area contributed by atoms with Crippen LogP contribution in [0.1, 0.15) is 80.6 Å². The Morgan fingerprint density at radius 2 is 1.50 bits per heavy atom. The molecule has 1 aromatic carbocycles. The number of aryl methyl sites for hydroxylation is 1. The van der Waals surface area contributed by atoms with E-state index in [1.165, 1.54) is 88.7 Å². The average Bonchev–Trinajstić information content (AvgIpc) is 3.77. The van der Waals surface area contributed by atoms with Crippen molar-refractivity contribution in [2.24, 2.45) is 5.41 Å². The first-order chi connectivity index (χ1) is 19.6. The van der Waals surface area contributed by atoms with Crippen LogP contribution >= 0.6 is 0 Å². The van der Waals surface area contributed by atoms with Crippen LogP contribution in [0, 0.1) is 5.41 Å². The van der Waals surface area contributed by atoms with Gasteiger partial charge in [-0.15, -0.1) is 0 Å². The molecular weight excluding hydrogens is 498 g/mol. The summed E-state index contributed by atoms with van der Waals surface area (Å²) < 4.78 is 0. The molecule has 1 saturated carbocycles. The number of benzene rings is 1. The summed E-state index contributed by atoms with van der Waals surface area (Å²) >= 11 is 0. The fourth-order valence-electron chi connectivity index (χ4n) is 7.22. The van der Waals surface area contributed by atoms with Crippen molar-refractivity contribution in [1.82, 2.24) is 34.6 Å². The Hall–Kier alpha value is -2.97. The molecule has 0 bridgehead atoms. The molecule has 1 spiro atoms. The van der Waals surface area contributed by atoms with Crippen molar-refractivity contribution in [3.05, 3.63) is 71.8 Å². The molecule has 0 unspecified atom stereocenters. The molecule has 6 rings (SSSR count). The molecular formula is C32H45N7O. The van der Waals surface area contributed by atoms with Gasteiger partial charge in [0.25, 0.3) is 0 Å². The van der Waals surface area contributed by atoms with Crippen LogP contribution in [0.2, 0.25) is 0 Å². The van der Waals surface area contributed by atoms with Crippen molar-refractivity contribution in [3.63, 3.8) is 0 Å². The molecule has 2 aliphatic heterocycles. The van der Waals surface area contributed by atoms with E-state index in [9.17, 15) is 4.79 Å². The Labute approximate surface area is 238 Å². The lowest BCUT2D eigenvalue weighted by atomic mass is 9.77. The number of aromatic amines is 2. The Morgan fingerprint density at radius 1 is 0.875 bits per heavy atom. The Balaban J connectivity index is 0.967. The molecule has 0 radical (unpaired) electrons. The monoisotopic (exact) mass is 543 g/mol. The maximum absolute atomic E-state index is 13.2. The minimum atomic E-state index is 0.105. The van der Waals surface area contributed by atoms with Crippen LogP contribution in [0.4, 0.5) is 0 Å². The zero-order chi connectivity index (χ0) is 27.2. The summed E-state index contributed by atoms with van der Waals surface area (Å²) in [5.74, 6) is 1.67. The van der Waals surface area contributed by atoms with Gasteiger partial charge >= 0.3 is 0 Å². The molecule has 1 aliphatic carbocycles. The Kier molecular flexibility index (Phi) is 8.63. The fourth-order valence-corrected chi connectivity index (χ4v) is 7.22. The number of likely N-dealkylation sites (tertiary alicyclic amines) is 2. The van der Waals surface area contributed by atoms with Crippen LogP contribution in [0.5, 0.6) is 0 Å². The minimum absolute atomic E-state index is 0.105. The fraction of sp³-hybridized carbons (Fsp3) is 0.594. The predicted molar refractivity (Wildman–Crippen MR) is 156 cm³/mol. The third-order valence-corrected chi connectivity index (χ3v) is 9.67. The van der Waals surface area contributed by atoms with E-state index in [0.29, 0.717) is 24.9 Å². The highest BCUT2D eigenvalue weighted by molar-refractivity contribution is 5.76. The van der Waals surface area contributed by atoms with E-state index in [0.717, 1.165) is 30.7 Å². The average molecular weight is 544 g/mol.